The van der Waals surface area contributed by atoms with Gasteiger partial charge in [-0.3, -0.25) is 0 Å². The van der Waals surface area contributed by atoms with Gasteiger partial charge in [-0.1, -0.05) is 0 Å². The van der Waals surface area contributed by atoms with Crippen LogP contribution in [0.1, 0.15) is 12.0 Å². The number of hydrazine groups is 1. The summed E-state index contributed by atoms with van der Waals surface area (Å²) in [5, 5.41) is 0. The van der Waals surface area contributed by atoms with Gasteiger partial charge in [-0.2, -0.15) is 0 Å². The van der Waals surface area contributed by atoms with Crippen LogP contribution in [0, 0.1) is 6.92 Å². The van der Waals surface area contributed by atoms with Crippen LogP contribution in [0.3, 0.4) is 0 Å². The van der Waals surface area contributed by atoms with Crippen molar-refractivity contribution in [3.05, 3.63) is 11.9 Å². The number of rotatable bonds is 6. The summed E-state index contributed by atoms with van der Waals surface area (Å²) < 4.78 is 5.56. The van der Waals surface area contributed by atoms with E-state index in [0.29, 0.717) is 18.3 Å². The fourth-order valence-electron chi connectivity index (χ4n) is 1.27. The maximum absolute atomic E-state index is 5.56. The molecule has 90 valence electrons. The molecule has 0 bridgehead atoms. The quantitative estimate of drug-likeness (QED) is 0.414. The van der Waals surface area contributed by atoms with Crippen LogP contribution in [0.2, 0.25) is 0 Å². The molecular formula is C10H19N5O. The Kier molecular flexibility index (Phi) is 4.94. The average Bonchev–Trinajstić information content (AvgIpc) is 2.26. The second kappa shape index (κ2) is 6.24. The summed E-state index contributed by atoms with van der Waals surface area (Å²) >= 11 is 0. The fourth-order valence-corrected chi connectivity index (χ4v) is 1.27. The molecule has 1 rings (SSSR count). The number of aromatic nitrogens is 2. The minimum atomic E-state index is 0.585. The van der Waals surface area contributed by atoms with Gasteiger partial charge < -0.3 is 15.1 Å². The van der Waals surface area contributed by atoms with Crippen molar-refractivity contribution in [3.63, 3.8) is 0 Å². The van der Waals surface area contributed by atoms with Crippen molar-refractivity contribution >= 4 is 5.82 Å². The lowest BCUT2D eigenvalue weighted by Gasteiger charge is -2.12. The summed E-state index contributed by atoms with van der Waals surface area (Å²) in [4.78, 5) is 10.2. The van der Waals surface area contributed by atoms with E-state index in [9.17, 15) is 0 Å². The summed E-state index contributed by atoms with van der Waals surface area (Å²) in [6.45, 7) is 3.50. The van der Waals surface area contributed by atoms with E-state index in [1.54, 1.807) is 0 Å². The molecule has 3 N–H and O–H groups in total. The van der Waals surface area contributed by atoms with Crippen molar-refractivity contribution in [3.8, 4) is 5.88 Å². The standard InChI is InChI=1S/C10H19N5O/c1-8-9(14-11)12-7-13-10(8)16-6-4-5-15(2)3/h7H,4-6,11H2,1-3H3,(H,12,13,14). The first kappa shape index (κ1) is 12.7. The van der Waals surface area contributed by atoms with E-state index in [2.05, 4.69) is 20.3 Å². The predicted molar refractivity (Wildman–Crippen MR) is 63.2 cm³/mol. The smallest absolute Gasteiger partial charge is 0.221 e. The molecule has 6 nitrogen and oxygen atoms in total. The highest BCUT2D eigenvalue weighted by Crippen LogP contribution is 2.19. The Morgan fingerprint density at radius 3 is 2.81 bits per heavy atom. The Hall–Kier alpha value is -1.40. The molecule has 0 amide bonds. The molecule has 0 spiro atoms. The molecule has 0 aliphatic carbocycles. The first-order valence-corrected chi connectivity index (χ1v) is 5.21. The molecule has 0 saturated carbocycles. The van der Waals surface area contributed by atoms with Gasteiger partial charge in [0.15, 0.2) is 0 Å². The number of nitrogens with two attached hydrogens (primary N) is 1. The van der Waals surface area contributed by atoms with Crippen LogP contribution >= 0.6 is 0 Å². The van der Waals surface area contributed by atoms with E-state index < -0.39 is 0 Å². The fraction of sp³-hybridized carbons (Fsp3) is 0.600. The lowest BCUT2D eigenvalue weighted by atomic mass is 10.3. The maximum atomic E-state index is 5.56. The van der Waals surface area contributed by atoms with Gasteiger partial charge in [-0.25, -0.2) is 15.8 Å². The molecule has 1 aromatic heterocycles. The predicted octanol–water partition coefficient (Wildman–Crippen LogP) is 0.401. The molecule has 6 heteroatoms. The summed E-state index contributed by atoms with van der Waals surface area (Å²) in [6, 6.07) is 0. The normalized spacial score (nSPS) is 10.6. The van der Waals surface area contributed by atoms with Crippen molar-refractivity contribution in [2.45, 2.75) is 13.3 Å². The molecule has 16 heavy (non-hydrogen) atoms. The van der Waals surface area contributed by atoms with E-state index in [4.69, 9.17) is 10.6 Å². The van der Waals surface area contributed by atoms with Gasteiger partial charge in [0.2, 0.25) is 5.88 Å². The van der Waals surface area contributed by atoms with Crippen LogP contribution in [-0.4, -0.2) is 42.1 Å². The van der Waals surface area contributed by atoms with Crippen molar-refractivity contribution in [2.24, 2.45) is 5.84 Å². The number of nitrogen functional groups attached to an aromatic ring is 1. The first-order chi connectivity index (χ1) is 7.65. The Balaban J connectivity index is 2.47. The van der Waals surface area contributed by atoms with Crippen LogP contribution in [0.25, 0.3) is 0 Å². The van der Waals surface area contributed by atoms with Crippen molar-refractivity contribution < 1.29 is 4.74 Å². The third kappa shape index (κ3) is 3.63. The van der Waals surface area contributed by atoms with E-state index in [0.717, 1.165) is 18.5 Å². The highest BCUT2D eigenvalue weighted by molar-refractivity contribution is 5.46. The second-order valence-electron chi connectivity index (χ2n) is 3.80. The minimum Gasteiger partial charge on any atom is -0.477 e. The lowest BCUT2D eigenvalue weighted by molar-refractivity contribution is 0.271. The molecular weight excluding hydrogens is 206 g/mol. The molecule has 1 heterocycles. The van der Waals surface area contributed by atoms with E-state index in [1.165, 1.54) is 6.33 Å². The van der Waals surface area contributed by atoms with Crippen LogP contribution in [0.15, 0.2) is 6.33 Å². The zero-order valence-corrected chi connectivity index (χ0v) is 10.0. The van der Waals surface area contributed by atoms with Gasteiger partial charge in [-0.15, -0.1) is 0 Å². The van der Waals surface area contributed by atoms with Gasteiger partial charge in [0.05, 0.1) is 12.2 Å². The number of nitrogens with zero attached hydrogens (tertiary/aromatic N) is 3. The Morgan fingerprint density at radius 1 is 1.44 bits per heavy atom. The largest absolute Gasteiger partial charge is 0.477 e. The zero-order chi connectivity index (χ0) is 12.0. The van der Waals surface area contributed by atoms with Crippen molar-refractivity contribution in [1.29, 1.82) is 0 Å². The van der Waals surface area contributed by atoms with Gasteiger partial charge in [0.1, 0.15) is 12.1 Å². The topological polar surface area (TPSA) is 76.3 Å². The SMILES string of the molecule is Cc1c(NN)ncnc1OCCCN(C)C. The van der Waals surface area contributed by atoms with Crippen LogP contribution < -0.4 is 16.0 Å². The van der Waals surface area contributed by atoms with Crippen LogP contribution in [-0.2, 0) is 0 Å². The molecule has 0 saturated heterocycles. The van der Waals surface area contributed by atoms with Crippen LogP contribution in [0.4, 0.5) is 5.82 Å². The Bertz CT molecular complexity index is 329. The van der Waals surface area contributed by atoms with Crippen molar-refractivity contribution in [1.82, 2.24) is 14.9 Å². The molecule has 0 fully saturated rings. The van der Waals surface area contributed by atoms with Gasteiger partial charge >= 0.3 is 0 Å². The number of ether oxygens (including phenoxy) is 1. The van der Waals surface area contributed by atoms with E-state index in [-0.39, 0.29) is 0 Å². The molecule has 0 aliphatic rings. The molecule has 0 atom stereocenters. The molecule has 0 aliphatic heterocycles. The summed E-state index contributed by atoms with van der Waals surface area (Å²) in [7, 11) is 4.07. The van der Waals surface area contributed by atoms with Gasteiger partial charge in [0, 0.05) is 6.54 Å². The maximum Gasteiger partial charge on any atom is 0.221 e. The third-order valence-corrected chi connectivity index (χ3v) is 2.16. The van der Waals surface area contributed by atoms with Crippen LogP contribution in [0.5, 0.6) is 5.88 Å². The number of nitrogens with one attached hydrogen (secondary N) is 1. The molecule has 0 unspecified atom stereocenters. The first-order valence-electron chi connectivity index (χ1n) is 5.21. The van der Waals surface area contributed by atoms with Crippen molar-refractivity contribution in [2.75, 3.05) is 32.7 Å². The number of hydrogen-bond donors (Lipinski definition) is 2. The molecule has 0 aromatic carbocycles. The number of anilines is 1. The van der Waals surface area contributed by atoms with E-state index >= 15 is 0 Å². The Labute approximate surface area is 95.8 Å². The third-order valence-electron chi connectivity index (χ3n) is 2.16. The molecule has 1 aromatic rings. The number of hydrogen-bond acceptors (Lipinski definition) is 6. The zero-order valence-electron chi connectivity index (χ0n) is 10.0. The average molecular weight is 225 g/mol. The highest BCUT2D eigenvalue weighted by Gasteiger charge is 2.06. The highest BCUT2D eigenvalue weighted by atomic mass is 16.5. The molecule has 0 radical (unpaired) electrons. The minimum absolute atomic E-state index is 0.585. The van der Waals surface area contributed by atoms with Gasteiger partial charge in [-0.05, 0) is 27.4 Å². The summed E-state index contributed by atoms with van der Waals surface area (Å²) in [6.07, 6.45) is 2.39. The Morgan fingerprint density at radius 2 is 2.19 bits per heavy atom. The second-order valence-corrected chi connectivity index (χ2v) is 3.80. The summed E-state index contributed by atoms with van der Waals surface area (Å²) in [5.41, 5.74) is 3.33. The lowest BCUT2D eigenvalue weighted by Crippen LogP contribution is -2.16. The summed E-state index contributed by atoms with van der Waals surface area (Å²) in [5.74, 6) is 6.49. The van der Waals surface area contributed by atoms with E-state index in [1.807, 2.05) is 21.0 Å². The van der Waals surface area contributed by atoms with Gasteiger partial charge in [0.25, 0.3) is 0 Å². The monoisotopic (exact) mass is 225 g/mol.